The van der Waals surface area contributed by atoms with Crippen LogP contribution < -0.4 is 10.1 Å². The highest BCUT2D eigenvalue weighted by Gasteiger charge is 2.27. The van der Waals surface area contributed by atoms with Gasteiger partial charge in [0.2, 0.25) is 5.91 Å². The summed E-state index contributed by atoms with van der Waals surface area (Å²) in [6, 6.07) is 15.3. The Labute approximate surface area is 189 Å². The van der Waals surface area contributed by atoms with Crippen molar-refractivity contribution in [1.82, 2.24) is 10.2 Å². The fraction of sp³-hybridized carbons (Fsp3) is 0.440. The molecule has 166 valence electrons. The number of ether oxygens (including phenoxy) is 1. The van der Waals surface area contributed by atoms with Crippen LogP contribution in [-0.2, 0) is 16.0 Å². The number of carbonyl (C=O) groups is 2. The molecule has 0 spiro atoms. The van der Waals surface area contributed by atoms with E-state index >= 15 is 0 Å². The van der Waals surface area contributed by atoms with E-state index in [4.69, 9.17) is 16.3 Å². The van der Waals surface area contributed by atoms with E-state index in [1.165, 1.54) is 5.56 Å². The highest BCUT2D eigenvalue weighted by Crippen LogP contribution is 2.20. The van der Waals surface area contributed by atoms with Gasteiger partial charge in [0, 0.05) is 24.2 Å². The number of hydrogen-bond donors (Lipinski definition) is 1. The van der Waals surface area contributed by atoms with Crippen LogP contribution in [0, 0.1) is 0 Å². The third-order valence-corrected chi connectivity index (χ3v) is 5.91. The van der Waals surface area contributed by atoms with E-state index in [1.54, 1.807) is 19.1 Å². The molecule has 2 aromatic carbocycles. The molecular weight excluding hydrogens is 412 g/mol. The van der Waals surface area contributed by atoms with Gasteiger partial charge < -0.3 is 15.0 Å². The summed E-state index contributed by atoms with van der Waals surface area (Å²) in [4.78, 5) is 26.9. The molecule has 1 heterocycles. The number of rotatable bonds is 7. The lowest BCUT2D eigenvalue weighted by Gasteiger charge is -2.34. The Hall–Kier alpha value is -2.53. The van der Waals surface area contributed by atoms with Gasteiger partial charge in [-0.2, -0.15) is 0 Å². The first-order valence-electron chi connectivity index (χ1n) is 10.9. The maximum atomic E-state index is 12.8. The molecule has 0 radical (unpaired) electrons. The lowest BCUT2D eigenvalue weighted by Crippen LogP contribution is -2.49. The Balaban J connectivity index is 1.43. The Kier molecular flexibility index (Phi) is 7.97. The SMILES string of the molecule is CC(Oc1ccc(C(C)C)cc1)C(=O)N1CCC(NC(=O)Cc2ccc(Cl)cc2)CC1. The van der Waals surface area contributed by atoms with Crippen molar-refractivity contribution >= 4 is 23.4 Å². The van der Waals surface area contributed by atoms with Gasteiger partial charge in [0.1, 0.15) is 5.75 Å². The van der Waals surface area contributed by atoms with Crippen LogP contribution in [0.2, 0.25) is 5.02 Å². The summed E-state index contributed by atoms with van der Waals surface area (Å²) < 4.78 is 5.86. The third kappa shape index (κ3) is 6.73. The van der Waals surface area contributed by atoms with Crippen molar-refractivity contribution in [3.63, 3.8) is 0 Å². The van der Waals surface area contributed by atoms with E-state index in [2.05, 4.69) is 19.2 Å². The van der Waals surface area contributed by atoms with Crippen molar-refractivity contribution in [2.45, 2.75) is 58.1 Å². The molecule has 0 saturated carbocycles. The van der Waals surface area contributed by atoms with Gasteiger partial charge in [0.15, 0.2) is 6.10 Å². The van der Waals surface area contributed by atoms with Gasteiger partial charge in [-0.05, 0) is 61.1 Å². The summed E-state index contributed by atoms with van der Waals surface area (Å²) in [5.41, 5.74) is 2.17. The second-order valence-corrected chi connectivity index (χ2v) is 8.89. The Morgan fingerprint density at radius 2 is 1.65 bits per heavy atom. The number of likely N-dealkylation sites (tertiary alicyclic amines) is 1. The summed E-state index contributed by atoms with van der Waals surface area (Å²) in [7, 11) is 0. The van der Waals surface area contributed by atoms with Crippen LogP contribution in [0.4, 0.5) is 0 Å². The zero-order valence-electron chi connectivity index (χ0n) is 18.4. The maximum absolute atomic E-state index is 12.8. The average molecular weight is 443 g/mol. The third-order valence-electron chi connectivity index (χ3n) is 5.66. The van der Waals surface area contributed by atoms with Crippen LogP contribution in [0.1, 0.15) is 50.7 Å². The molecule has 1 saturated heterocycles. The second-order valence-electron chi connectivity index (χ2n) is 8.45. The van der Waals surface area contributed by atoms with Crippen LogP contribution in [-0.4, -0.2) is 41.9 Å². The summed E-state index contributed by atoms with van der Waals surface area (Å²) in [5, 5.41) is 3.74. The molecule has 1 fully saturated rings. The van der Waals surface area contributed by atoms with Crippen LogP contribution in [0.25, 0.3) is 0 Å². The monoisotopic (exact) mass is 442 g/mol. The van der Waals surface area contributed by atoms with Gasteiger partial charge in [0.25, 0.3) is 5.91 Å². The summed E-state index contributed by atoms with van der Waals surface area (Å²) in [5.74, 6) is 1.14. The molecule has 3 rings (SSSR count). The lowest BCUT2D eigenvalue weighted by atomic mass is 10.0. The van der Waals surface area contributed by atoms with E-state index in [1.807, 2.05) is 41.3 Å². The number of carbonyl (C=O) groups excluding carboxylic acids is 2. The molecule has 2 amide bonds. The molecular formula is C25H31ClN2O3. The Bertz CT molecular complexity index is 873. The van der Waals surface area contributed by atoms with Crippen molar-refractivity contribution in [2.75, 3.05) is 13.1 Å². The van der Waals surface area contributed by atoms with Crippen molar-refractivity contribution < 1.29 is 14.3 Å². The molecule has 1 N–H and O–H groups in total. The van der Waals surface area contributed by atoms with Crippen molar-refractivity contribution in [3.05, 3.63) is 64.7 Å². The molecule has 0 aliphatic carbocycles. The number of nitrogens with one attached hydrogen (secondary N) is 1. The number of benzene rings is 2. The van der Waals surface area contributed by atoms with Gasteiger partial charge in [-0.1, -0.05) is 49.7 Å². The van der Waals surface area contributed by atoms with Gasteiger partial charge in [-0.25, -0.2) is 0 Å². The maximum Gasteiger partial charge on any atom is 0.263 e. The Morgan fingerprint density at radius 3 is 2.23 bits per heavy atom. The highest BCUT2D eigenvalue weighted by atomic mass is 35.5. The predicted molar refractivity (Wildman–Crippen MR) is 124 cm³/mol. The van der Waals surface area contributed by atoms with Gasteiger partial charge in [0.05, 0.1) is 6.42 Å². The topological polar surface area (TPSA) is 58.6 Å². The van der Waals surface area contributed by atoms with Crippen molar-refractivity contribution in [3.8, 4) is 5.75 Å². The fourth-order valence-corrected chi connectivity index (χ4v) is 3.88. The van der Waals surface area contributed by atoms with E-state index in [-0.39, 0.29) is 17.9 Å². The summed E-state index contributed by atoms with van der Waals surface area (Å²) in [6.07, 6.45) is 1.28. The first-order chi connectivity index (χ1) is 14.8. The van der Waals surface area contributed by atoms with Crippen LogP contribution in [0.15, 0.2) is 48.5 Å². The largest absolute Gasteiger partial charge is 0.481 e. The first kappa shape index (κ1) is 23.1. The van der Waals surface area contributed by atoms with Crippen molar-refractivity contribution in [2.24, 2.45) is 0 Å². The summed E-state index contributed by atoms with van der Waals surface area (Å²) >= 11 is 5.89. The second kappa shape index (κ2) is 10.7. The molecule has 0 bridgehead atoms. The molecule has 6 heteroatoms. The van der Waals surface area contributed by atoms with E-state index in [0.717, 1.165) is 18.4 Å². The number of hydrogen-bond acceptors (Lipinski definition) is 3. The minimum Gasteiger partial charge on any atom is -0.481 e. The number of piperidine rings is 1. The molecule has 5 nitrogen and oxygen atoms in total. The normalized spacial score (nSPS) is 15.6. The smallest absolute Gasteiger partial charge is 0.263 e. The minimum atomic E-state index is -0.541. The molecule has 2 aromatic rings. The molecule has 1 atom stereocenters. The zero-order valence-corrected chi connectivity index (χ0v) is 19.2. The van der Waals surface area contributed by atoms with Crippen LogP contribution in [0.3, 0.4) is 0 Å². The average Bonchev–Trinajstić information content (AvgIpc) is 2.75. The number of halogens is 1. The predicted octanol–water partition coefficient (Wildman–Crippen LogP) is 4.58. The molecule has 0 aromatic heterocycles. The van der Waals surface area contributed by atoms with E-state index in [9.17, 15) is 9.59 Å². The van der Waals surface area contributed by atoms with E-state index < -0.39 is 6.10 Å². The number of nitrogens with zero attached hydrogens (tertiary/aromatic N) is 1. The van der Waals surface area contributed by atoms with Crippen molar-refractivity contribution in [1.29, 1.82) is 0 Å². The number of amides is 2. The highest BCUT2D eigenvalue weighted by molar-refractivity contribution is 6.30. The first-order valence-corrected chi connectivity index (χ1v) is 11.3. The molecule has 1 unspecified atom stereocenters. The quantitative estimate of drug-likeness (QED) is 0.682. The van der Waals surface area contributed by atoms with Crippen LogP contribution >= 0.6 is 11.6 Å². The van der Waals surface area contributed by atoms with E-state index in [0.29, 0.717) is 36.2 Å². The fourth-order valence-electron chi connectivity index (χ4n) is 3.75. The lowest BCUT2D eigenvalue weighted by molar-refractivity contribution is -0.139. The van der Waals surface area contributed by atoms with Gasteiger partial charge >= 0.3 is 0 Å². The zero-order chi connectivity index (χ0) is 22.4. The van der Waals surface area contributed by atoms with Crippen LogP contribution in [0.5, 0.6) is 5.75 Å². The Morgan fingerprint density at radius 1 is 1.03 bits per heavy atom. The standard InChI is InChI=1S/C25H31ClN2O3/c1-17(2)20-6-10-23(11-7-20)31-18(3)25(30)28-14-12-22(13-15-28)27-24(29)16-19-4-8-21(26)9-5-19/h4-11,17-18,22H,12-16H2,1-3H3,(H,27,29). The molecule has 1 aliphatic rings. The molecule has 31 heavy (non-hydrogen) atoms. The summed E-state index contributed by atoms with van der Waals surface area (Å²) in [6.45, 7) is 7.31. The minimum absolute atomic E-state index is 0.00588. The van der Waals surface area contributed by atoms with Gasteiger partial charge in [-0.15, -0.1) is 0 Å². The van der Waals surface area contributed by atoms with Gasteiger partial charge in [-0.3, -0.25) is 9.59 Å². The molecule has 1 aliphatic heterocycles.